The molecule has 1 amide bonds. The Morgan fingerprint density at radius 2 is 0.427 bits per heavy atom. The van der Waals surface area contributed by atoms with Crippen LogP contribution in [0.1, 0.15) is 152 Å². The van der Waals surface area contributed by atoms with E-state index in [1.807, 2.05) is 14.1 Å². The second kappa shape index (κ2) is 85.8. The van der Waals surface area contributed by atoms with E-state index >= 15 is 0 Å². The van der Waals surface area contributed by atoms with E-state index in [4.69, 9.17) is 89.6 Å². The van der Waals surface area contributed by atoms with Crippen LogP contribution >= 0.6 is 0 Å². The van der Waals surface area contributed by atoms with E-state index in [1.54, 1.807) is 7.05 Å². The Balaban J connectivity index is -0.000000489. The van der Waals surface area contributed by atoms with Gasteiger partial charge in [-0.1, -0.05) is 52.8 Å². The van der Waals surface area contributed by atoms with Gasteiger partial charge in [0, 0.05) is 60.1 Å². The maximum absolute atomic E-state index is 12.3. The summed E-state index contributed by atoms with van der Waals surface area (Å²) in [5.74, 6) is -13.2. The van der Waals surface area contributed by atoms with Crippen LogP contribution in [0.15, 0.2) is 72.9 Å². The summed E-state index contributed by atoms with van der Waals surface area (Å²) in [5, 5.41) is 2.47. The average molecular weight is 2220 g/mol. The molecule has 0 saturated carbocycles. The highest BCUT2D eigenvalue weighted by Gasteiger charge is 2.29. The molecule has 0 fully saturated rings. The molecule has 0 aromatic heterocycles. The monoisotopic (exact) mass is 2220 g/mol. The van der Waals surface area contributed by atoms with E-state index in [1.165, 1.54) is 41.5 Å². The van der Waals surface area contributed by atoms with Crippen molar-refractivity contribution in [2.24, 2.45) is 0 Å². The Bertz CT molecular complexity index is 4340. The van der Waals surface area contributed by atoms with E-state index in [0.29, 0.717) is 50.0 Å². The molecule has 0 radical (unpaired) electrons. The lowest BCUT2D eigenvalue weighted by Gasteiger charge is -2.34. The van der Waals surface area contributed by atoms with Crippen molar-refractivity contribution in [3.8, 4) is 0 Å². The number of hydrogen-bond acceptors (Lipinski definition) is 50. The van der Waals surface area contributed by atoms with Crippen molar-refractivity contribution in [1.29, 1.82) is 0 Å². The largest absolute Gasteiger partial charge is 0.726 e. The Morgan fingerprint density at radius 3 is 0.633 bits per heavy atom. The number of rotatable bonds is 73. The Labute approximate surface area is 871 Å². The summed E-state index contributed by atoms with van der Waals surface area (Å²) in [6.45, 7) is 35.2. The molecule has 0 bridgehead atoms. The molecular formula is C91H146N4O52S3+2. The van der Waals surface area contributed by atoms with E-state index in [-0.39, 0.29) is 270 Å². The molecule has 150 heavy (non-hydrogen) atoms. The van der Waals surface area contributed by atoms with Crippen molar-refractivity contribution < 1.29 is 256 Å². The minimum atomic E-state index is -4.41. The Morgan fingerprint density at radius 1 is 0.247 bits per heavy atom. The minimum Gasteiger partial charge on any atom is -0.726 e. The van der Waals surface area contributed by atoms with Gasteiger partial charge in [0.1, 0.15) is 152 Å². The number of likely N-dealkylation sites (N-methyl/N-ethyl adjacent to an activating group) is 2. The molecule has 0 unspecified atom stereocenters. The highest BCUT2D eigenvalue weighted by Crippen LogP contribution is 2.14. The molecule has 0 aliphatic heterocycles. The van der Waals surface area contributed by atoms with Gasteiger partial charge in [-0.25, -0.2) is 51.6 Å². The van der Waals surface area contributed by atoms with Gasteiger partial charge in [-0.15, -0.1) is 0 Å². The van der Waals surface area contributed by atoms with Crippen LogP contribution in [0.3, 0.4) is 0 Å². The van der Waals surface area contributed by atoms with Gasteiger partial charge in [0.15, 0.2) is 0 Å². The van der Waals surface area contributed by atoms with Crippen LogP contribution < -0.4 is 5.32 Å². The number of hydrogen-bond donors (Lipinski definition) is 3. The first-order chi connectivity index (χ1) is 69.7. The fraction of sp³-hybridized carbons (Fsp3) is 0.637. The summed E-state index contributed by atoms with van der Waals surface area (Å²) in [4.78, 5) is 245. The first kappa shape index (κ1) is 148. The average Bonchev–Trinajstić information content (AvgIpc) is 0.893. The summed E-state index contributed by atoms with van der Waals surface area (Å²) in [6, 6.07) is 0. The van der Waals surface area contributed by atoms with Crippen LogP contribution in [-0.2, 0) is 230 Å². The van der Waals surface area contributed by atoms with Crippen molar-refractivity contribution in [2.75, 3.05) is 233 Å². The summed E-state index contributed by atoms with van der Waals surface area (Å²) in [7, 11) is -4.68. The summed E-state index contributed by atoms with van der Waals surface area (Å²) >= 11 is 0. The molecule has 56 nitrogen and oxygen atoms in total. The summed E-state index contributed by atoms with van der Waals surface area (Å²) < 4.78 is 186. The first-order valence-electron chi connectivity index (χ1n) is 45.6. The quantitative estimate of drug-likeness (QED) is 0.0114. The second-order valence-corrected chi connectivity index (χ2v) is 35.4. The smallest absolute Gasteiger partial charge is 0.407 e. The molecule has 59 heteroatoms. The zero-order chi connectivity index (χ0) is 116. The molecular weight excluding hydrogens is 2080 g/mol. The van der Waals surface area contributed by atoms with Crippen molar-refractivity contribution >= 4 is 156 Å². The standard InChI is InChI=1S/C35H50NO20.C30H46N2O12.C23H38NO8.3CH4O4S/c1-24(2)33(45)54-21-18-51-30(42)9-6-27(39)48-15-12-36(5,13-16-49-28(40)7-10-31(43)52-19-22-55-34(46)25(3)37)14-17-50-29(41)8-11-32(44)53-20-23-56-35(47)26(4)38;1-22(2)27(35)41-16-8-10-25(33)39-19-13-32(7,14-20-40-26(34)11-9-17-42-28(36)23(3)4)15-21-44-30(38)31-12-18-43-29(37)24(5)6;1-7-8-11-24(6,12-9-20(25)29-14-16-31-22(27)18(2)3)13-10-21(26)30-15-17-32-23(28)19(4)5;3*1-5-6(2,3)4/h1,6-23H2,2-5H3;1,3,5,8-21H2,2,4,6-7H3;2,4,7-17H2,1,3,5-6H3;3*1H3,(H,2,3,4)/q+1;;+1;;;. The van der Waals surface area contributed by atoms with Gasteiger partial charge < -0.3 is 113 Å². The fourth-order valence-corrected chi connectivity index (χ4v) is 9.36. The van der Waals surface area contributed by atoms with Gasteiger partial charge in [-0.05, 0) is 60.8 Å². The highest BCUT2D eigenvalue weighted by atomic mass is 32.3. The molecule has 0 spiro atoms. The molecule has 858 valence electrons. The van der Waals surface area contributed by atoms with Gasteiger partial charge in [-0.2, -0.15) is 16.8 Å². The lowest BCUT2D eigenvalue weighted by molar-refractivity contribution is -0.910. The maximum Gasteiger partial charge on any atom is 0.407 e. The number of esters is 18. The van der Waals surface area contributed by atoms with Crippen LogP contribution in [-0.4, -0.2) is 411 Å². The molecule has 0 atom stereocenters. The van der Waals surface area contributed by atoms with Gasteiger partial charge in [-0.3, -0.25) is 79.2 Å². The number of ether oxygens (including phenoxy) is 19. The third-order valence-electron chi connectivity index (χ3n) is 18.0. The number of amides is 1. The summed E-state index contributed by atoms with van der Waals surface area (Å²) in [6.07, 6.45) is 0.342. The number of carbonyl (C=O) groups is 21. The number of nitrogens with zero attached hydrogens (tertiary/aromatic N) is 3. The molecule has 0 rings (SSSR count). The lowest BCUT2D eigenvalue weighted by atomic mass is 10.2. The number of Topliss-reactive ketones (excluding diaryl/α,β-unsaturated/α-hetero) is 2. The number of unbranched alkanes of at least 4 members (excludes halogenated alkanes) is 1. The fourth-order valence-electron chi connectivity index (χ4n) is 9.36. The van der Waals surface area contributed by atoms with E-state index in [2.05, 4.69) is 73.7 Å². The van der Waals surface area contributed by atoms with Gasteiger partial charge in [0.25, 0.3) is 0 Å². The Hall–Kier alpha value is -13.0. The van der Waals surface area contributed by atoms with Crippen LogP contribution in [0.25, 0.3) is 0 Å². The lowest BCUT2D eigenvalue weighted by Crippen LogP contribution is -2.51. The molecule has 0 aliphatic rings. The Kier molecular flexibility index (Phi) is 84.4. The number of nitrogens with one attached hydrogen (secondary N) is 1. The molecule has 3 N–H and O–H groups in total. The van der Waals surface area contributed by atoms with Gasteiger partial charge >= 0.3 is 134 Å². The highest BCUT2D eigenvalue weighted by molar-refractivity contribution is 7.81. The molecule has 0 aromatic carbocycles. The number of quaternary nitrogens is 3. The molecule has 0 aliphatic carbocycles. The topological polar surface area (TPSA) is 740 Å². The van der Waals surface area contributed by atoms with E-state index < -0.39 is 144 Å². The number of ketones is 2. The summed E-state index contributed by atoms with van der Waals surface area (Å²) in [5.41, 5.74) is 1.53. The van der Waals surface area contributed by atoms with Crippen LogP contribution in [0.2, 0.25) is 0 Å². The number of carbonyl (C=O) groups excluding carboxylic acids is 21. The predicted octanol–water partition coefficient (Wildman–Crippen LogP) is 1.88. The normalized spacial score (nSPS) is 10.7. The minimum absolute atomic E-state index is 0.00203. The van der Waals surface area contributed by atoms with Gasteiger partial charge in [0.05, 0.1) is 133 Å². The first-order valence-corrected chi connectivity index (χ1v) is 49.6. The van der Waals surface area contributed by atoms with E-state index in [9.17, 15) is 130 Å². The zero-order valence-corrected chi connectivity index (χ0v) is 90.0. The van der Waals surface area contributed by atoms with Crippen molar-refractivity contribution in [3.63, 3.8) is 0 Å². The molecule has 0 saturated heterocycles. The van der Waals surface area contributed by atoms with E-state index in [0.717, 1.165) is 54.6 Å². The van der Waals surface area contributed by atoms with Crippen LogP contribution in [0.4, 0.5) is 4.79 Å². The predicted molar refractivity (Wildman–Crippen MR) is 513 cm³/mol. The van der Waals surface area contributed by atoms with Gasteiger partial charge in [0.2, 0.25) is 22.0 Å². The molecule has 0 aromatic rings. The van der Waals surface area contributed by atoms with Crippen molar-refractivity contribution in [2.45, 2.75) is 152 Å². The second-order valence-electron chi connectivity index (χ2n) is 31.8. The van der Waals surface area contributed by atoms with Crippen LogP contribution in [0.5, 0.6) is 0 Å². The SMILES string of the molecule is C=C(C)C(=O)OCCCC(=O)OCC[N+](C)(CCOC(=O)CCCOC(=O)C(=C)C)CCOC(=O)NCCOC(=O)C(=C)C.C=C(C)C(=O)OCCOC(=O)CCC(=O)OCC[N+](C)(CCOC(=O)CCC(=O)OCCOC(=O)C(C)=O)CCOC(=O)CCC(=O)OCCOC(=O)C(C)=O.C=C(C)C(=O)OCCOC(=O)CC[N+](C)(CCCC)CCC(=O)OCCOC(=O)C(=C)C.COS(=O)(=O)O.COS(=O)(=O)O.COS(=O)(=O)[O-]. The van der Waals surface area contributed by atoms with Crippen molar-refractivity contribution in [3.05, 3.63) is 72.9 Å². The van der Waals surface area contributed by atoms with Crippen LogP contribution in [0, 0.1) is 0 Å². The molecule has 0 heterocycles. The third kappa shape index (κ3) is 97.1. The number of alkyl carbamates (subject to hydrolysis) is 1. The third-order valence-corrected chi connectivity index (χ3v) is 19.3. The zero-order valence-electron chi connectivity index (χ0n) is 87.5. The maximum atomic E-state index is 12.3. The van der Waals surface area contributed by atoms with Crippen molar-refractivity contribution in [1.82, 2.24) is 5.32 Å².